The fraction of sp³-hybridized carbons (Fsp3) is 0.500. The predicted molar refractivity (Wildman–Crippen MR) is 118 cm³/mol. The zero-order valence-corrected chi connectivity index (χ0v) is 19.3. The molecule has 1 fully saturated rings. The van der Waals surface area contributed by atoms with E-state index in [-0.39, 0.29) is 24.0 Å². The molecule has 0 N–H and O–H groups in total. The Bertz CT molecular complexity index is 970. The highest BCUT2D eigenvalue weighted by molar-refractivity contribution is 5.96. The van der Waals surface area contributed by atoms with E-state index >= 15 is 0 Å². The van der Waals surface area contributed by atoms with Gasteiger partial charge in [0.25, 0.3) is 11.9 Å². The number of carbonyl (C=O) groups is 2. The second-order valence-electron chi connectivity index (χ2n) is 9.36. The van der Waals surface area contributed by atoms with Crippen LogP contribution in [0.4, 0.5) is 4.79 Å². The molecule has 0 aromatic heterocycles. The number of allylic oxidation sites excluding steroid dienone is 1. The van der Waals surface area contributed by atoms with Crippen molar-refractivity contribution in [1.29, 1.82) is 0 Å². The first-order valence-corrected chi connectivity index (χ1v) is 10.9. The molecule has 0 bridgehead atoms. The maximum absolute atomic E-state index is 13.3. The van der Waals surface area contributed by atoms with E-state index in [2.05, 4.69) is 38.3 Å². The van der Waals surface area contributed by atoms with E-state index in [9.17, 15) is 9.59 Å². The molecule has 4 rings (SSSR count). The molecule has 0 aliphatic carbocycles. The largest absolute Gasteiger partial charge is 0.441 e. The minimum Gasteiger partial charge on any atom is -0.441 e. The number of ether oxygens (including phenoxy) is 3. The smallest absolute Gasteiger partial charge is 0.410 e. The molecule has 172 valence electrons. The Kier molecular flexibility index (Phi) is 5.90. The minimum absolute atomic E-state index is 0.0107. The van der Waals surface area contributed by atoms with E-state index < -0.39 is 6.09 Å². The molecule has 0 saturated carbocycles. The molecule has 3 aliphatic rings. The van der Waals surface area contributed by atoms with Gasteiger partial charge >= 0.3 is 6.09 Å². The molecular weight excluding hydrogens is 410 g/mol. The van der Waals surface area contributed by atoms with Crippen molar-refractivity contribution >= 4 is 12.0 Å². The summed E-state index contributed by atoms with van der Waals surface area (Å²) in [7, 11) is 0. The Labute approximate surface area is 189 Å². The molecule has 1 aromatic carbocycles. The molecule has 8 heteroatoms. The van der Waals surface area contributed by atoms with Gasteiger partial charge in [-0.05, 0) is 51.5 Å². The molecule has 1 saturated heterocycles. The van der Waals surface area contributed by atoms with Crippen LogP contribution >= 0.6 is 0 Å². The van der Waals surface area contributed by atoms with Crippen LogP contribution in [0.25, 0.3) is 0 Å². The van der Waals surface area contributed by atoms with Gasteiger partial charge in [-0.3, -0.25) is 9.69 Å². The lowest BCUT2D eigenvalue weighted by Gasteiger charge is -2.34. The molecule has 8 nitrogen and oxygen atoms in total. The van der Waals surface area contributed by atoms with E-state index in [0.29, 0.717) is 37.7 Å². The first-order valence-electron chi connectivity index (χ1n) is 10.9. The van der Waals surface area contributed by atoms with Gasteiger partial charge < -0.3 is 24.0 Å². The van der Waals surface area contributed by atoms with Gasteiger partial charge in [-0.15, -0.1) is 0 Å². The van der Waals surface area contributed by atoms with Crippen molar-refractivity contribution in [2.75, 3.05) is 32.8 Å². The Hall–Kier alpha value is -3.00. The molecule has 0 unspecified atom stereocenters. The van der Waals surface area contributed by atoms with Crippen LogP contribution in [0.2, 0.25) is 0 Å². The van der Waals surface area contributed by atoms with Crippen molar-refractivity contribution < 1.29 is 23.8 Å². The van der Waals surface area contributed by atoms with Gasteiger partial charge in [0.15, 0.2) is 12.4 Å². The number of carbonyl (C=O) groups excluding carboxylic acids is 2. The van der Waals surface area contributed by atoms with Crippen molar-refractivity contribution in [3.63, 3.8) is 0 Å². The molecule has 0 radical (unpaired) electrons. The van der Waals surface area contributed by atoms with E-state index in [1.165, 1.54) is 5.56 Å². The summed E-state index contributed by atoms with van der Waals surface area (Å²) in [6.07, 6.45) is -0.431. The van der Waals surface area contributed by atoms with Gasteiger partial charge in [0.1, 0.15) is 5.76 Å². The zero-order valence-electron chi connectivity index (χ0n) is 19.3. The fourth-order valence-electron chi connectivity index (χ4n) is 4.17. The number of amides is 2. The van der Waals surface area contributed by atoms with Gasteiger partial charge in [-0.1, -0.05) is 12.1 Å². The molecule has 3 heterocycles. The van der Waals surface area contributed by atoms with Crippen molar-refractivity contribution in [1.82, 2.24) is 14.7 Å². The maximum atomic E-state index is 13.3. The molecular formula is C24H31N3O5. The van der Waals surface area contributed by atoms with Gasteiger partial charge in [-0.2, -0.15) is 0 Å². The Morgan fingerprint density at radius 1 is 1.06 bits per heavy atom. The summed E-state index contributed by atoms with van der Waals surface area (Å²) in [5, 5.41) is 0. The zero-order chi connectivity index (χ0) is 23.0. The van der Waals surface area contributed by atoms with Crippen LogP contribution in [0, 0.1) is 0 Å². The van der Waals surface area contributed by atoms with Crippen LogP contribution in [0.15, 0.2) is 42.2 Å². The van der Waals surface area contributed by atoms with Crippen LogP contribution in [0.1, 0.15) is 49.2 Å². The number of fused-ring (bicyclic) bond motifs is 1. The SMILES string of the molecule is C=C1OC(C)=C(COC(=O)N2CCN(C(=O)c3cccc4c3CN(C(C)(C)C)C4)CC2)O1. The van der Waals surface area contributed by atoms with Gasteiger partial charge in [0.2, 0.25) is 0 Å². The van der Waals surface area contributed by atoms with Crippen molar-refractivity contribution in [2.24, 2.45) is 0 Å². The molecule has 3 aliphatic heterocycles. The van der Waals surface area contributed by atoms with Crippen LogP contribution in [0.3, 0.4) is 0 Å². The van der Waals surface area contributed by atoms with E-state index in [0.717, 1.165) is 24.2 Å². The number of rotatable bonds is 3. The standard InChI is InChI=1S/C24H31N3O5/c1-16-21(32-17(2)31-16)15-30-23(29)26-11-9-25(10-12-26)22(28)19-8-6-7-18-13-27(14-20(18)19)24(3,4)5/h6-8H,2,9-15H2,1,3-5H3. The lowest BCUT2D eigenvalue weighted by molar-refractivity contribution is 0.0549. The number of hydrogen-bond donors (Lipinski definition) is 0. The Morgan fingerprint density at radius 2 is 1.75 bits per heavy atom. The van der Waals surface area contributed by atoms with Crippen LogP contribution in [0.5, 0.6) is 0 Å². The Morgan fingerprint density at radius 3 is 2.38 bits per heavy atom. The van der Waals surface area contributed by atoms with E-state index in [1.54, 1.807) is 11.8 Å². The van der Waals surface area contributed by atoms with E-state index in [1.807, 2.05) is 17.0 Å². The van der Waals surface area contributed by atoms with Crippen LogP contribution in [-0.2, 0) is 27.3 Å². The normalized spacial score (nSPS) is 19.1. The molecule has 1 aromatic rings. The number of piperazine rings is 1. The van der Waals surface area contributed by atoms with Gasteiger partial charge in [0.05, 0.1) is 0 Å². The summed E-state index contributed by atoms with van der Waals surface area (Å²) in [6, 6.07) is 5.99. The van der Waals surface area contributed by atoms with Gasteiger partial charge in [-0.25, -0.2) is 4.79 Å². The molecule has 0 atom stereocenters. The third-order valence-electron chi connectivity index (χ3n) is 6.21. The summed E-state index contributed by atoms with van der Waals surface area (Å²) in [5.74, 6) is 1.19. The number of nitrogens with zero attached hydrogens (tertiary/aromatic N) is 3. The highest BCUT2D eigenvalue weighted by atomic mass is 16.7. The Balaban J connectivity index is 1.33. The predicted octanol–water partition coefficient (Wildman–Crippen LogP) is 3.44. The number of hydrogen-bond acceptors (Lipinski definition) is 6. The average Bonchev–Trinajstić information content (AvgIpc) is 3.34. The first-order chi connectivity index (χ1) is 15.1. The fourth-order valence-corrected chi connectivity index (χ4v) is 4.17. The summed E-state index contributed by atoms with van der Waals surface area (Å²) < 4.78 is 15.8. The van der Waals surface area contributed by atoms with Crippen LogP contribution in [-0.4, -0.2) is 65.0 Å². The molecule has 0 spiro atoms. The highest BCUT2D eigenvalue weighted by Gasteiger charge is 2.33. The third-order valence-corrected chi connectivity index (χ3v) is 6.21. The monoisotopic (exact) mass is 441 g/mol. The van der Waals surface area contributed by atoms with Crippen molar-refractivity contribution in [3.8, 4) is 0 Å². The van der Waals surface area contributed by atoms with Crippen molar-refractivity contribution in [2.45, 2.75) is 46.3 Å². The lowest BCUT2D eigenvalue weighted by atomic mass is 10.0. The minimum atomic E-state index is -0.431. The second-order valence-corrected chi connectivity index (χ2v) is 9.36. The van der Waals surface area contributed by atoms with Gasteiger partial charge in [0, 0.05) is 50.4 Å². The third kappa shape index (κ3) is 4.46. The summed E-state index contributed by atoms with van der Waals surface area (Å²) in [5.41, 5.74) is 3.16. The van der Waals surface area contributed by atoms with Crippen LogP contribution < -0.4 is 0 Å². The average molecular weight is 442 g/mol. The molecule has 2 amide bonds. The second kappa shape index (κ2) is 8.50. The molecule has 32 heavy (non-hydrogen) atoms. The summed E-state index contributed by atoms with van der Waals surface area (Å²) in [4.78, 5) is 31.5. The highest BCUT2D eigenvalue weighted by Crippen LogP contribution is 2.32. The first kappa shape index (κ1) is 22.2. The topological polar surface area (TPSA) is 71.6 Å². The van der Waals surface area contributed by atoms with Crippen molar-refractivity contribution in [3.05, 3.63) is 58.9 Å². The van der Waals surface area contributed by atoms with E-state index in [4.69, 9.17) is 14.2 Å². The summed E-state index contributed by atoms with van der Waals surface area (Å²) in [6.45, 7) is 15.3. The lowest BCUT2D eigenvalue weighted by Crippen LogP contribution is -2.51. The quantitative estimate of drug-likeness (QED) is 0.716. The maximum Gasteiger partial charge on any atom is 0.410 e. The number of benzene rings is 1. The summed E-state index contributed by atoms with van der Waals surface area (Å²) >= 11 is 0.